The van der Waals surface area contributed by atoms with Crippen LogP contribution >= 0.6 is 0 Å². The molecule has 96 valence electrons. The summed E-state index contributed by atoms with van der Waals surface area (Å²) in [6.45, 7) is 1.51. The van der Waals surface area contributed by atoms with Crippen LogP contribution in [-0.2, 0) is 4.74 Å². The van der Waals surface area contributed by atoms with Crippen molar-refractivity contribution in [1.29, 1.82) is 0 Å². The number of benzene rings is 1. The van der Waals surface area contributed by atoms with E-state index in [0.717, 1.165) is 11.3 Å². The third kappa shape index (κ3) is 4.95. The first-order valence-electron chi connectivity index (χ1n) is 5.01. The van der Waals surface area contributed by atoms with Crippen molar-refractivity contribution < 1.29 is 22.6 Å². The molecular weight excluding hydrogens is 235 g/mol. The summed E-state index contributed by atoms with van der Waals surface area (Å²) in [5, 5.41) is 2.86. The molecule has 0 fully saturated rings. The van der Waals surface area contributed by atoms with Crippen LogP contribution in [0.2, 0.25) is 0 Å². The fourth-order valence-corrected chi connectivity index (χ4v) is 1.31. The molecule has 3 nitrogen and oxygen atoms in total. The second-order valence-corrected chi connectivity index (χ2v) is 3.40. The fraction of sp³-hybridized carbons (Fsp3) is 0.455. The molecule has 17 heavy (non-hydrogen) atoms. The third-order valence-electron chi connectivity index (χ3n) is 2.12. The van der Waals surface area contributed by atoms with Gasteiger partial charge in [0.15, 0.2) is 0 Å². The Bertz CT molecular complexity index is 366. The van der Waals surface area contributed by atoms with Crippen LogP contribution in [0.25, 0.3) is 0 Å². The van der Waals surface area contributed by atoms with Crippen LogP contribution in [0.5, 0.6) is 5.75 Å². The summed E-state index contributed by atoms with van der Waals surface area (Å²) in [6, 6.07) is 5.29. The summed E-state index contributed by atoms with van der Waals surface area (Å²) >= 11 is 0. The number of hydrogen-bond acceptors (Lipinski definition) is 3. The van der Waals surface area contributed by atoms with E-state index in [1.54, 1.807) is 25.3 Å². The van der Waals surface area contributed by atoms with E-state index >= 15 is 0 Å². The van der Waals surface area contributed by atoms with Crippen LogP contribution in [0.1, 0.15) is 5.56 Å². The van der Waals surface area contributed by atoms with Crippen molar-refractivity contribution in [3.05, 3.63) is 23.8 Å². The maximum Gasteiger partial charge on any atom is 0.522 e. The summed E-state index contributed by atoms with van der Waals surface area (Å²) in [4.78, 5) is 0. The number of ether oxygens (including phenoxy) is 2. The van der Waals surface area contributed by atoms with Gasteiger partial charge in [0.05, 0.1) is 13.7 Å². The molecule has 0 unspecified atom stereocenters. The molecule has 0 aromatic heterocycles. The molecule has 0 aliphatic carbocycles. The summed E-state index contributed by atoms with van der Waals surface area (Å²) in [6.07, 6.45) is -4.57. The van der Waals surface area contributed by atoms with Crippen molar-refractivity contribution >= 4 is 5.69 Å². The van der Waals surface area contributed by atoms with Crippen LogP contribution in [0.3, 0.4) is 0 Å². The number of rotatable bonds is 5. The van der Waals surface area contributed by atoms with Crippen molar-refractivity contribution in [3.8, 4) is 5.75 Å². The number of alkyl halides is 3. The minimum atomic E-state index is -4.57. The van der Waals surface area contributed by atoms with E-state index in [-0.39, 0.29) is 6.54 Å². The van der Waals surface area contributed by atoms with Crippen LogP contribution in [0.15, 0.2) is 18.2 Å². The quantitative estimate of drug-likeness (QED) is 0.814. The van der Waals surface area contributed by atoms with E-state index in [4.69, 9.17) is 4.74 Å². The first kappa shape index (κ1) is 13.6. The first-order chi connectivity index (χ1) is 7.92. The van der Waals surface area contributed by atoms with Crippen molar-refractivity contribution in [2.75, 3.05) is 25.6 Å². The van der Waals surface area contributed by atoms with Crippen LogP contribution in [-0.4, -0.2) is 26.6 Å². The van der Waals surface area contributed by atoms with Gasteiger partial charge in [-0.2, -0.15) is 0 Å². The Labute approximate surface area is 97.5 Å². The SMILES string of the molecule is COc1ccc(NCCOC(F)(F)F)c(C)c1. The highest BCUT2D eigenvalue weighted by Crippen LogP contribution is 2.21. The molecule has 0 atom stereocenters. The zero-order valence-electron chi connectivity index (χ0n) is 9.60. The Morgan fingerprint density at radius 3 is 2.53 bits per heavy atom. The number of hydrogen-bond donors (Lipinski definition) is 1. The lowest BCUT2D eigenvalue weighted by Gasteiger charge is -2.12. The standard InChI is InChI=1S/C11H14F3NO2/c1-8-7-9(16-2)3-4-10(8)15-5-6-17-11(12,13)14/h3-4,7,15H,5-6H2,1-2H3. The molecule has 0 saturated heterocycles. The molecule has 0 aliphatic rings. The highest BCUT2D eigenvalue weighted by molar-refractivity contribution is 5.53. The van der Waals surface area contributed by atoms with Gasteiger partial charge in [-0.3, -0.25) is 4.74 Å². The molecule has 0 amide bonds. The van der Waals surface area contributed by atoms with Crippen LogP contribution in [0.4, 0.5) is 18.9 Å². The summed E-state index contributed by atoms with van der Waals surface area (Å²) < 4.78 is 43.7. The molecular formula is C11H14F3NO2. The second kappa shape index (κ2) is 5.77. The summed E-state index contributed by atoms with van der Waals surface area (Å²) in [7, 11) is 1.55. The van der Waals surface area contributed by atoms with Gasteiger partial charge in [0.1, 0.15) is 5.75 Å². The van der Waals surface area contributed by atoms with E-state index in [9.17, 15) is 13.2 Å². The molecule has 0 heterocycles. The van der Waals surface area contributed by atoms with Crippen molar-refractivity contribution in [2.45, 2.75) is 13.3 Å². The molecule has 1 N–H and O–H groups in total. The van der Waals surface area contributed by atoms with E-state index in [1.807, 2.05) is 6.92 Å². The Morgan fingerprint density at radius 2 is 2.00 bits per heavy atom. The monoisotopic (exact) mass is 249 g/mol. The van der Waals surface area contributed by atoms with Crippen LogP contribution < -0.4 is 10.1 Å². The van der Waals surface area contributed by atoms with Gasteiger partial charge in [0.2, 0.25) is 0 Å². The average molecular weight is 249 g/mol. The van der Waals surface area contributed by atoms with E-state index in [2.05, 4.69) is 10.1 Å². The highest BCUT2D eigenvalue weighted by atomic mass is 19.4. The van der Waals surface area contributed by atoms with E-state index in [0.29, 0.717) is 5.75 Å². The fourth-order valence-electron chi connectivity index (χ4n) is 1.31. The molecule has 0 spiro atoms. The van der Waals surface area contributed by atoms with Gasteiger partial charge in [-0.25, -0.2) is 0 Å². The predicted octanol–water partition coefficient (Wildman–Crippen LogP) is 2.95. The van der Waals surface area contributed by atoms with Gasteiger partial charge in [-0.05, 0) is 30.7 Å². The smallest absolute Gasteiger partial charge is 0.497 e. The molecule has 0 saturated carbocycles. The normalized spacial score (nSPS) is 11.4. The molecule has 1 aromatic rings. The van der Waals surface area contributed by atoms with Crippen LogP contribution in [0, 0.1) is 6.92 Å². The van der Waals surface area contributed by atoms with E-state index < -0.39 is 13.0 Å². The minimum absolute atomic E-state index is 0.0900. The molecule has 0 bridgehead atoms. The number of nitrogens with one attached hydrogen (secondary N) is 1. The zero-order valence-corrected chi connectivity index (χ0v) is 9.60. The summed E-state index contributed by atoms with van der Waals surface area (Å²) in [5.41, 5.74) is 1.66. The largest absolute Gasteiger partial charge is 0.522 e. The highest BCUT2D eigenvalue weighted by Gasteiger charge is 2.28. The molecule has 0 aliphatic heterocycles. The van der Waals surface area contributed by atoms with Gasteiger partial charge in [-0.1, -0.05) is 0 Å². The van der Waals surface area contributed by atoms with Gasteiger partial charge >= 0.3 is 6.36 Å². The lowest BCUT2D eigenvalue weighted by molar-refractivity contribution is -0.322. The Balaban J connectivity index is 2.42. The van der Waals surface area contributed by atoms with Gasteiger partial charge < -0.3 is 10.1 Å². The Morgan fingerprint density at radius 1 is 1.29 bits per heavy atom. The zero-order chi connectivity index (χ0) is 12.9. The van der Waals surface area contributed by atoms with Gasteiger partial charge in [0, 0.05) is 12.2 Å². The average Bonchev–Trinajstić information content (AvgIpc) is 2.24. The Kier molecular flexibility index (Phi) is 4.62. The third-order valence-corrected chi connectivity index (χ3v) is 2.12. The van der Waals surface area contributed by atoms with Crippen molar-refractivity contribution in [2.24, 2.45) is 0 Å². The van der Waals surface area contributed by atoms with E-state index in [1.165, 1.54) is 0 Å². The van der Waals surface area contributed by atoms with Gasteiger partial charge in [0.25, 0.3) is 0 Å². The second-order valence-electron chi connectivity index (χ2n) is 3.40. The molecule has 0 radical (unpaired) electrons. The number of halogens is 3. The molecule has 6 heteroatoms. The lowest BCUT2D eigenvalue weighted by atomic mass is 10.2. The number of anilines is 1. The van der Waals surface area contributed by atoms with Crippen molar-refractivity contribution in [1.82, 2.24) is 0 Å². The first-order valence-corrected chi connectivity index (χ1v) is 5.01. The van der Waals surface area contributed by atoms with Gasteiger partial charge in [-0.15, -0.1) is 13.2 Å². The van der Waals surface area contributed by atoms with Crippen molar-refractivity contribution in [3.63, 3.8) is 0 Å². The number of aryl methyl sites for hydroxylation is 1. The molecule has 1 aromatic carbocycles. The Hall–Kier alpha value is -1.43. The maximum absolute atomic E-state index is 11.7. The number of methoxy groups -OCH3 is 1. The maximum atomic E-state index is 11.7. The minimum Gasteiger partial charge on any atom is -0.497 e. The topological polar surface area (TPSA) is 30.5 Å². The summed E-state index contributed by atoms with van der Waals surface area (Å²) in [5.74, 6) is 0.708. The predicted molar refractivity (Wildman–Crippen MR) is 58.2 cm³/mol. The lowest BCUT2D eigenvalue weighted by Crippen LogP contribution is -2.19. The molecule has 1 rings (SSSR count).